The Bertz CT molecular complexity index is 563. The third kappa shape index (κ3) is 2.58. The SMILES string of the molecule is CC[C@H](C)[C@H](NC(=O)CN1C(=O)C2C3CCC(O3)C2C1=O)C(=O)O. The Morgan fingerprint density at radius 1 is 1.25 bits per heavy atom. The summed E-state index contributed by atoms with van der Waals surface area (Å²) in [6.45, 7) is 3.13. The van der Waals surface area contributed by atoms with Crippen LogP contribution in [0, 0.1) is 17.8 Å². The topological polar surface area (TPSA) is 113 Å². The Hall–Kier alpha value is -1.96. The minimum atomic E-state index is -1.12. The van der Waals surface area contributed by atoms with E-state index in [0.717, 1.165) is 17.7 Å². The number of amides is 3. The van der Waals surface area contributed by atoms with Gasteiger partial charge in [0.05, 0.1) is 24.0 Å². The van der Waals surface area contributed by atoms with Crippen LogP contribution < -0.4 is 5.32 Å². The van der Waals surface area contributed by atoms with E-state index in [0.29, 0.717) is 6.42 Å². The van der Waals surface area contributed by atoms with E-state index in [4.69, 9.17) is 4.74 Å². The van der Waals surface area contributed by atoms with Crippen molar-refractivity contribution in [2.75, 3.05) is 6.54 Å². The molecular weight excluding hydrogens is 316 g/mol. The summed E-state index contributed by atoms with van der Waals surface area (Å²) < 4.78 is 5.63. The first-order chi connectivity index (χ1) is 11.3. The van der Waals surface area contributed by atoms with Crippen molar-refractivity contribution < 1.29 is 29.0 Å². The zero-order chi connectivity index (χ0) is 17.6. The van der Waals surface area contributed by atoms with E-state index in [1.807, 2.05) is 6.92 Å². The van der Waals surface area contributed by atoms with Gasteiger partial charge in [0.15, 0.2) is 0 Å². The summed E-state index contributed by atoms with van der Waals surface area (Å²) in [5, 5.41) is 11.6. The molecule has 3 fully saturated rings. The van der Waals surface area contributed by atoms with Gasteiger partial charge >= 0.3 is 5.97 Å². The molecule has 0 aromatic carbocycles. The summed E-state index contributed by atoms with van der Waals surface area (Å²) in [5.41, 5.74) is 0. The maximum absolute atomic E-state index is 12.5. The Morgan fingerprint density at radius 3 is 2.25 bits per heavy atom. The molecule has 3 rings (SSSR count). The third-order valence-electron chi connectivity index (χ3n) is 5.47. The van der Waals surface area contributed by atoms with Crippen LogP contribution in [0.2, 0.25) is 0 Å². The van der Waals surface area contributed by atoms with Gasteiger partial charge in [-0.05, 0) is 18.8 Å². The summed E-state index contributed by atoms with van der Waals surface area (Å²) in [5.74, 6) is -3.70. The monoisotopic (exact) mass is 338 g/mol. The van der Waals surface area contributed by atoms with Crippen molar-refractivity contribution in [2.45, 2.75) is 51.4 Å². The van der Waals surface area contributed by atoms with Crippen molar-refractivity contribution >= 4 is 23.7 Å². The Labute approximate surface area is 139 Å². The maximum atomic E-state index is 12.5. The van der Waals surface area contributed by atoms with Gasteiger partial charge in [-0.3, -0.25) is 19.3 Å². The van der Waals surface area contributed by atoms with E-state index < -0.39 is 36.3 Å². The largest absolute Gasteiger partial charge is 0.480 e. The average Bonchev–Trinajstić information content (AvgIpc) is 3.21. The highest BCUT2D eigenvalue weighted by atomic mass is 16.5. The van der Waals surface area contributed by atoms with Crippen LogP contribution in [0.15, 0.2) is 0 Å². The number of rotatable bonds is 6. The van der Waals surface area contributed by atoms with Crippen LogP contribution in [0.25, 0.3) is 0 Å². The molecule has 8 nitrogen and oxygen atoms in total. The predicted molar refractivity (Wildman–Crippen MR) is 80.6 cm³/mol. The van der Waals surface area contributed by atoms with Crippen molar-refractivity contribution in [3.63, 3.8) is 0 Å². The number of hydrogen-bond donors (Lipinski definition) is 2. The standard InChI is InChI=1S/C16H22N2O6/c1-3-7(2)13(16(22)23)17-10(19)6-18-14(20)11-8-4-5-9(24-8)12(11)15(18)21/h7-9,11-13H,3-6H2,1-2H3,(H,17,19)(H,22,23)/t7-,8?,9?,11?,12?,13-/m0/s1. The molecule has 0 saturated carbocycles. The van der Waals surface area contributed by atoms with E-state index >= 15 is 0 Å². The van der Waals surface area contributed by atoms with Crippen LogP contribution in [-0.2, 0) is 23.9 Å². The number of ether oxygens (including phenoxy) is 1. The third-order valence-corrected chi connectivity index (χ3v) is 5.47. The first kappa shape index (κ1) is 16.9. The highest BCUT2D eigenvalue weighted by Crippen LogP contribution is 2.48. The Morgan fingerprint density at radius 2 is 1.79 bits per heavy atom. The van der Waals surface area contributed by atoms with Crippen LogP contribution in [-0.4, -0.2) is 58.5 Å². The van der Waals surface area contributed by atoms with Gasteiger partial charge in [0, 0.05) is 0 Å². The number of aliphatic carboxylic acids is 1. The molecule has 24 heavy (non-hydrogen) atoms. The van der Waals surface area contributed by atoms with Crippen LogP contribution in [0.5, 0.6) is 0 Å². The molecule has 0 radical (unpaired) electrons. The van der Waals surface area contributed by atoms with Crippen molar-refractivity contribution in [1.82, 2.24) is 10.2 Å². The predicted octanol–water partition coefficient (Wildman–Crippen LogP) is -0.236. The number of fused-ring (bicyclic) bond motifs is 5. The van der Waals surface area contributed by atoms with E-state index in [2.05, 4.69) is 5.32 Å². The van der Waals surface area contributed by atoms with Gasteiger partial charge in [0.25, 0.3) is 0 Å². The van der Waals surface area contributed by atoms with Crippen LogP contribution >= 0.6 is 0 Å². The molecule has 132 valence electrons. The number of carbonyl (C=O) groups excluding carboxylic acids is 3. The second-order valence-corrected chi connectivity index (χ2v) is 6.87. The maximum Gasteiger partial charge on any atom is 0.326 e. The number of imide groups is 1. The number of nitrogens with zero attached hydrogens (tertiary/aromatic N) is 1. The fraction of sp³-hybridized carbons (Fsp3) is 0.750. The van der Waals surface area contributed by atoms with E-state index in [1.165, 1.54) is 0 Å². The smallest absolute Gasteiger partial charge is 0.326 e. The van der Waals surface area contributed by atoms with Crippen LogP contribution in [0.1, 0.15) is 33.1 Å². The van der Waals surface area contributed by atoms with Crippen molar-refractivity contribution in [2.24, 2.45) is 17.8 Å². The Kier molecular flexibility index (Phi) is 4.33. The molecule has 3 saturated heterocycles. The van der Waals surface area contributed by atoms with Gasteiger partial charge in [0.2, 0.25) is 17.7 Å². The molecule has 2 N–H and O–H groups in total. The lowest BCUT2D eigenvalue weighted by Gasteiger charge is -2.22. The second kappa shape index (κ2) is 6.16. The zero-order valence-corrected chi connectivity index (χ0v) is 13.7. The normalized spacial score (nSPS) is 33.5. The lowest BCUT2D eigenvalue weighted by molar-refractivity contribution is -0.147. The van der Waals surface area contributed by atoms with Crippen LogP contribution in [0.3, 0.4) is 0 Å². The van der Waals surface area contributed by atoms with E-state index in [-0.39, 0.29) is 29.9 Å². The first-order valence-corrected chi connectivity index (χ1v) is 8.38. The number of nitrogens with one attached hydrogen (secondary N) is 1. The summed E-state index contributed by atoms with van der Waals surface area (Å²) in [7, 11) is 0. The molecule has 2 bridgehead atoms. The van der Waals surface area contributed by atoms with Crippen molar-refractivity contribution in [3.8, 4) is 0 Å². The molecule has 3 aliphatic rings. The van der Waals surface area contributed by atoms with Gasteiger partial charge in [0.1, 0.15) is 12.6 Å². The number of carboxylic acid groups (broad SMARTS) is 1. The number of likely N-dealkylation sites (tertiary alicyclic amines) is 1. The van der Waals surface area contributed by atoms with Crippen molar-refractivity contribution in [3.05, 3.63) is 0 Å². The molecule has 4 unspecified atom stereocenters. The molecule has 0 aromatic rings. The van der Waals surface area contributed by atoms with Gasteiger partial charge in [-0.25, -0.2) is 4.79 Å². The summed E-state index contributed by atoms with van der Waals surface area (Å²) in [6.07, 6.45) is 1.66. The van der Waals surface area contributed by atoms with Gasteiger partial charge in [-0.2, -0.15) is 0 Å². The highest BCUT2D eigenvalue weighted by Gasteiger charge is 2.62. The fourth-order valence-corrected chi connectivity index (χ4v) is 3.98. The summed E-state index contributed by atoms with van der Waals surface area (Å²) in [4.78, 5) is 49.3. The Balaban J connectivity index is 1.66. The minimum Gasteiger partial charge on any atom is -0.480 e. The number of hydrogen-bond acceptors (Lipinski definition) is 5. The van der Waals surface area contributed by atoms with Gasteiger partial charge < -0.3 is 15.2 Å². The zero-order valence-electron chi connectivity index (χ0n) is 13.7. The summed E-state index contributed by atoms with van der Waals surface area (Å²) in [6, 6.07) is -1.03. The molecule has 8 heteroatoms. The van der Waals surface area contributed by atoms with E-state index in [1.54, 1.807) is 6.92 Å². The lowest BCUT2D eigenvalue weighted by Crippen LogP contribution is -2.50. The quantitative estimate of drug-likeness (QED) is 0.647. The molecule has 0 aromatic heterocycles. The summed E-state index contributed by atoms with van der Waals surface area (Å²) >= 11 is 0. The number of carboxylic acids is 1. The first-order valence-electron chi connectivity index (χ1n) is 8.38. The highest BCUT2D eigenvalue weighted by molar-refractivity contribution is 6.08. The molecule has 3 amide bonds. The van der Waals surface area contributed by atoms with Crippen molar-refractivity contribution in [1.29, 1.82) is 0 Å². The second-order valence-electron chi connectivity index (χ2n) is 6.87. The molecular formula is C16H22N2O6. The van der Waals surface area contributed by atoms with Gasteiger partial charge in [-0.1, -0.05) is 20.3 Å². The van der Waals surface area contributed by atoms with Gasteiger partial charge in [-0.15, -0.1) is 0 Å². The fourth-order valence-electron chi connectivity index (χ4n) is 3.98. The lowest BCUT2D eigenvalue weighted by atomic mass is 9.81. The number of carbonyl (C=O) groups is 4. The molecule has 0 spiro atoms. The average molecular weight is 338 g/mol. The molecule has 3 heterocycles. The molecule has 3 aliphatic heterocycles. The van der Waals surface area contributed by atoms with Crippen LogP contribution in [0.4, 0.5) is 0 Å². The molecule has 0 aliphatic carbocycles. The van der Waals surface area contributed by atoms with E-state index in [9.17, 15) is 24.3 Å². The minimum absolute atomic E-state index is 0.226. The molecule has 6 atom stereocenters.